The van der Waals surface area contributed by atoms with E-state index in [1.54, 1.807) is 25.1 Å². The van der Waals surface area contributed by atoms with Gasteiger partial charge in [-0.15, -0.1) is 0 Å². The van der Waals surface area contributed by atoms with Gasteiger partial charge in [0.05, 0.1) is 17.5 Å². The van der Waals surface area contributed by atoms with Gasteiger partial charge in [0.25, 0.3) is 0 Å². The number of hydrogen-bond acceptors (Lipinski definition) is 6. The first-order chi connectivity index (χ1) is 16.3. The molecule has 1 amide bonds. The van der Waals surface area contributed by atoms with Crippen LogP contribution >= 0.6 is 0 Å². The molecule has 1 saturated carbocycles. The van der Waals surface area contributed by atoms with Gasteiger partial charge in [0, 0.05) is 37.6 Å². The van der Waals surface area contributed by atoms with E-state index >= 15 is 0 Å². The van der Waals surface area contributed by atoms with Crippen LogP contribution in [0.5, 0.6) is 0 Å². The zero-order valence-corrected chi connectivity index (χ0v) is 20.9. The van der Waals surface area contributed by atoms with Crippen molar-refractivity contribution in [2.75, 3.05) is 23.9 Å². The number of nitrogens with one attached hydrogen (secondary N) is 2. The maximum atomic E-state index is 13.8. The average molecular weight is 514 g/mol. The van der Waals surface area contributed by atoms with Crippen LogP contribution in [0.3, 0.4) is 0 Å². The highest BCUT2D eigenvalue weighted by Crippen LogP contribution is 2.36. The minimum absolute atomic E-state index is 0.00324. The van der Waals surface area contributed by atoms with E-state index < -0.39 is 27.8 Å². The van der Waals surface area contributed by atoms with Gasteiger partial charge in [0.1, 0.15) is 0 Å². The van der Waals surface area contributed by atoms with Gasteiger partial charge in [-0.3, -0.25) is 4.79 Å². The molecule has 0 radical (unpaired) electrons. The molecule has 35 heavy (non-hydrogen) atoms. The van der Waals surface area contributed by atoms with Crippen LogP contribution in [0.25, 0.3) is 0 Å². The van der Waals surface area contributed by atoms with Crippen LogP contribution in [-0.2, 0) is 27.4 Å². The summed E-state index contributed by atoms with van der Waals surface area (Å²) in [5.41, 5.74) is 0.836. The minimum Gasteiger partial charge on any atom is -0.326 e. The van der Waals surface area contributed by atoms with Gasteiger partial charge in [-0.25, -0.2) is 22.7 Å². The summed E-state index contributed by atoms with van der Waals surface area (Å²) in [4.78, 5) is 19.4. The van der Waals surface area contributed by atoms with Crippen molar-refractivity contribution < 1.29 is 26.4 Å². The first kappa shape index (κ1) is 26.9. The number of nitrogens with zero attached hydrogens (tertiary/aromatic N) is 3. The molecule has 1 fully saturated rings. The number of rotatable bonds is 7. The van der Waals surface area contributed by atoms with Gasteiger partial charge >= 0.3 is 6.18 Å². The Hall–Kier alpha value is -2.73. The lowest BCUT2D eigenvalue weighted by molar-refractivity contribution is -0.138. The summed E-state index contributed by atoms with van der Waals surface area (Å²) in [6.07, 6.45) is 0.0410. The van der Waals surface area contributed by atoms with Gasteiger partial charge in [-0.2, -0.15) is 13.2 Å². The molecule has 0 unspecified atom stereocenters. The van der Waals surface area contributed by atoms with Gasteiger partial charge in [-0.1, -0.05) is 12.8 Å². The lowest BCUT2D eigenvalue weighted by atomic mass is 9.81. The van der Waals surface area contributed by atoms with Crippen molar-refractivity contribution in [3.05, 3.63) is 41.2 Å². The molecule has 8 nitrogen and oxygen atoms in total. The molecule has 1 aromatic carbocycles. The molecule has 1 aliphatic rings. The maximum absolute atomic E-state index is 13.8. The zero-order valence-electron chi connectivity index (χ0n) is 20.1. The van der Waals surface area contributed by atoms with E-state index in [4.69, 9.17) is 0 Å². The Balaban J connectivity index is 1.90. The third kappa shape index (κ3) is 6.91. The Bertz CT molecular complexity index is 1190. The Kier molecular flexibility index (Phi) is 8.05. The number of carbonyl (C=O) groups is 1. The summed E-state index contributed by atoms with van der Waals surface area (Å²) in [6, 6.07) is 4.68. The SMILES string of the molecule is CC(=O)Nc1ccc(Nc2ncc(C(F)(F)F)c(C[C@@H]3CCCC[C@H]3N(C)S(C)(=O)=O)n2)cc1C. The van der Waals surface area contributed by atoms with Gasteiger partial charge in [0.2, 0.25) is 21.9 Å². The van der Waals surface area contributed by atoms with E-state index in [-0.39, 0.29) is 29.9 Å². The smallest absolute Gasteiger partial charge is 0.326 e. The molecule has 1 heterocycles. The number of sulfonamides is 1. The van der Waals surface area contributed by atoms with Gasteiger partial charge < -0.3 is 10.6 Å². The van der Waals surface area contributed by atoms with E-state index in [1.807, 2.05) is 0 Å². The number of benzene rings is 1. The van der Waals surface area contributed by atoms with E-state index in [0.29, 0.717) is 24.2 Å². The highest BCUT2D eigenvalue weighted by molar-refractivity contribution is 7.88. The Morgan fingerprint density at radius 3 is 2.51 bits per heavy atom. The topological polar surface area (TPSA) is 104 Å². The number of alkyl halides is 3. The maximum Gasteiger partial charge on any atom is 0.419 e. The lowest BCUT2D eigenvalue weighted by Crippen LogP contribution is -2.44. The van der Waals surface area contributed by atoms with E-state index in [9.17, 15) is 26.4 Å². The molecule has 1 aliphatic carbocycles. The van der Waals surface area contributed by atoms with Crippen molar-refractivity contribution in [1.82, 2.24) is 14.3 Å². The summed E-state index contributed by atoms with van der Waals surface area (Å²) in [7, 11) is -2.02. The molecular formula is C23H30F3N5O3S. The Labute approximate surface area is 203 Å². The summed E-state index contributed by atoms with van der Waals surface area (Å²) in [5.74, 6) is -0.512. The number of aryl methyl sites for hydroxylation is 1. The normalized spacial score (nSPS) is 19.0. The fourth-order valence-corrected chi connectivity index (χ4v) is 5.24. The number of aromatic nitrogens is 2. The second kappa shape index (κ2) is 10.5. The van der Waals surface area contributed by atoms with E-state index in [2.05, 4.69) is 20.6 Å². The van der Waals surface area contributed by atoms with Gasteiger partial charge in [-0.05, 0) is 55.9 Å². The summed E-state index contributed by atoms with van der Waals surface area (Å²) >= 11 is 0. The number of carbonyl (C=O) groups excluding carboxylic acids is 1. The number of anilines is 3. The highest BCUT2D eigenvalue weighted by atomic mass is 32.2. The molecule has 3 rings (SSSR count). The van der Waals surface area contributed by atoms with Crippen molar-refractivity contribution >= 4 is 33.3 Å². The van der Waals surface area contributed by atoms with Crippen LogP contribution in [-0.4, -0.2) is 47.9 Å². The average Bonchev–Trinajstić information content (AvgIpc) is 2.74. The van der Waals surface area contributed by atoms with E-state index in [0.717, 1.165) is 30.9 Å². The van der Waals surface area contributed by atoms with Crippen molar-refractivity contribution in [1.29, 1.82) is 0 Å². The third-order valence-corrected chi connectivity index (χ3v) is 7.60. The van der Waals surface area contributed by atoms with Crippen LogP contribution in [0.2, 0.25) is 0 Å². The second-order valence-electron chi connectivity index (χ2n) is 8.98. The molecule has 0 aliphatic heterocycles. The summed E-state index contributed by atoms with van der Waals surface area (Å²) in [5, 5.41) is 5.63. The molecule has 12 heteroatoms. The van der Waals surface area contributed by atoms with Crippen molar-refractivity contribution in [2.45, 2.75) is 58.2 Å². The summed E-state index contributed by atoms with van der Waals surface area (Å²) in [6.45, 7) is 3.19. The fraction of sp³-hybridized carbons (Fsp3) is 0.522. The van der Waals surface area contributed by atoms with Crippen molar-refractivity contribution in [2.24, 2.45) is 5.92 Å². The number of hydrogen-bond donors (Lipinski definition) is 2. The molecule has 2 atom stereocenters. The molecule has 192 valence electrons. The number of halogens is 3. The second-order valence-corrected chi connectivity index (χ2v) is 11.0. The molecule has 0 spiro atoms. The van der Waals surface area contributed by atoms with Crippen LogP contribution < -0.4 is 10.6 Å². The third-order valence-electron chi connectivity index (χ3n) is 6.28. The monoisotopic (exact) mass is 513 g/mol. The van der Waals surface area contributed by atoms with Crippen LogP contribution in [0, 0.1) is 12.8 Å². The minimum atomic E-state index is -4.64. The molecule has 2 aromatic rings. The lowest BCUT2D eigenvalue weighted by Gasteiger charge is -2.37. The standard InChI is InChI=1S/C23H30F3N5O3S/c1-14-11-17(9-10-19(14)28-15(2)32)29-22-27-13-18(23(24,25)26)20(30-22)12-16-7-5-6-8-21(16)31(3)35(4,33)34/h9-11,13,16,21H,5-8,12H2,1-4H3,(H,28,32)(H,27,29,30)/t16-,21+/m0/s1. The largest absolute Gasteiger partial charge is 0.419 e. The fourth-order valence-electron chi connectivity index (χ4n) is 4.47. The Morgan fingerprint density at radius 2 is 1.91 bits per heavy atom. The molecule has 2 N–H and O–H groups in total. The van der Waals surface area contributed by atoms with Crippen molar-refractivity contribution in [3.63, 3.8) is 0 Å². The molecule has 0 bridgehead atoms. The predicted octanol–water partition coefficient (Wildman–Crippen LogP) is 4.50. The first-order valence-electron chi connectivity index (χ1n) is 11.3. The Morgan fingerprint density at radius 1 is 1.23 bits per heavy atom. The zero-order chi connectivity index (χ0) is 26.0. The molecule has 1 aromatic heterocycles. The van der Waals surface area contributed by atoms with Crippen LogP contribution in [0.15, 0.2) is 24.4 Å². The van der Waals surface area contributed by atoms with Gasteiger partial charge in [0.15, 0.2) is 0 Å². The predicted molar refractivity (Wildman–Crippen MR) is 128 cm³/mol. The molecule has 0 saturated heterocycles. The van der Waals surface area contributed by atoms with Crippen LogP contribution in [0.1, 0.15) is 49.4 Å². The number of amides is 1. The molecular weight excluding hydrogens is 483 g/mol. The van der Waals surface area contributed by atoms with E-state index in [1.165, 1.54) is 18.3 Å². The summed E-state index contributed by atoms with van der Waals surface area (Å²) < 4.78 is 66.8. The first-order valence-corrected chi connectivity index (χ1v) is 13.1. The quantitative estimate of drug-likeness (QED) is 0.565. The highest BCUT2D eigenvalue weighted by Gasteiger charge is 2.38. The van der Waals surface area contributed by atoms with Crippen LogP contribution in [0.4, 0.5) is 30.5 Å². The van der Waals surface area contributed by atoms with Crippen molar-refractivity contribution in [3.8, 4) is 0 Å².